The van der Waals surface area contributed by atoms with Crippen molar-refractivity contribution >= 4 is 28.2 Å². The number of likely N-dealkylation sites (N-methyl/N-ethyl adjacent to an activating group) is 1. The van der Waals surface area contributed by atoms with Crippen LogP contribution in [-0.2, 0) is 0 Å². The van der Waals surface area contributed by atoms with Crippen molar-refractivity contribution in [2.24, 2.45) is 0 Å². The molecule has 0 saturated heterocycles. The minimum Gasteiger partial charge on any atom is -0.450 e. The average molecular weight is 383 g/mol. The van der Waals surface area contributed by atoms with Crippen LogP contribution < -0.4 is 10.3 Å². The molecule has 0 saturated carbocycles. The van der Waals surface area contributed by atoms with Crippen LogP contribution in [0.3, 0.4) is 0 Å². The summed E-state index contributed by atoms with van der Waals surface area (Å²) in [6.07, 6.45) is 0. The van der Waals surface area contributed by atoms with Gasteiger partial charge in [0, 0.05) is 4.88 Å². The molecule has 2 aromatic heterocycles. The Kier molecular flexibility index (Phi) is 4.85. The van der Waals surface area contributed by atoms with Crippen LogP contribution in [0.15, 0.2) is 51.0 Å². The monoisotopic (exact) mass is 383 g/mol. The van der Waals surface area contributed by atoms with Crippen molar-refractivity contribution in [2.75, 3.05) is 26.2 Å². The molecule has 1 atom stereocenters. The first-order valence-corrected chi connectivity index (χ1v) is 10.3. The smallest absolute Gasteiger partial charge is 0.291 e. The molecule has 0 fully saturated rings. The first-order valence-electron chi connectivity index (χ1n) is 9.39. The Morgan fingerprint density at radius 1 is 1.11 bits per heavy atom. The summed E-state index contributed by atoms with van der Waals surface area (Å²) in [4.78, 5) is 30.6. The third-order valence-corrected chi connectivity index (χ3v) is 6.32. The van der Waals surface area contributed by atoms with E-state index in [1.54, 1.807) is 23.5 Å². The summed E-state index contributed by atoms with van der Waals surface area (Å²) in [7, 11) is 0. The highest BCUT2D eigenvalue weighted by Crippen LogP contribution is 2.39. The van der Waals surface area contributed by atoms with Gasteiger partial charge in [0.2, 0.25) is 5.76 Å². The molecule has 6 heteroatoms. The lowest BCUT2D eigenvalue weighted by atomic mass is 10.0. The number of nitrogens with one attached hydrogen (secondary N) is 1. The number of nitrogens with zero attached hydrogens (tertiary/aromatic N) is 1. The lowest BCUT2D eigenvalue weighted by Gasteiger charge is -2.25. The van der Waals surface area contributed by atoms with Crippen LogP contribution in [0.4, 0.5) is 0 Å². The number of quaternary nitrogens is 1. The summed E-state index contributed by atoms with van der Waals surface area (Å²) in [6, 6.07) is 10.7. The zero-order chi connectivity index (χ0) is 19.0. The largest absolute Gasteiger partial charge is 0.450 e. The van der Waals surface area contributed by atoms with Crippen molar-refractivity contribution in [3.05, 3.63) is 68.2 Å². The maximum absolute atomic E-state index is 13.2. The summed E-state index contributed by atoms with van der Waals surface area (Å²) in [6.45, 7) is 7.76. The number of carbonyl (C=O) groups is 1. The third kappa shape index (κ3) is 2.99. The van der Waals surface area contributed by atoms with Gasteiger partial charge in [-0.05, 0) is 37.4 Å². The predicted molar refractivity (Wildman–Crippen MR) is 107 cm³/mol. The lowest BCUT2D eigenvalue weighted by Crippen LogP contribution is -3.12. The van der Waals surface area contributed by atoms with Crippen LogP contribution in [0, 0.1) is 0 Å². The van der Waals surface area contributed by atoms with Gasteiger partial charge in [-0.2, -0.15) is 0 Å². The fourth-order valence-electron chi connectivity index (χ4n) is 3.82. The van der Waals surface area contributed by atoms with Gasteiger partial charge in [-0.15, -0.1) is 11.3 Å². The number of amides is 1. The Hall–Kier alpha value is -2.44. The number of thiophene rings is 1. The van der Waals surface area contributed by atoms with Gasteiger partial charge in [-0.3, -0.25) is 9.59 Å². The SMILES string of the molecule is CC[NH+](CC)CCN1C(=O)c2oc3ccccc3c(=O)c2[C@H]1c1cccs1. The van der Waals surface area contributed by atoms with Gasteiger partial charge in [0.25, 0.3) is 5.91 Å². The predicted octanol–water partition coefficient (Wildman–Crippen LogP) is 2.32. The number of hydrogen-bond acceptors (Lipinski definition) is 4. The van der Waals surface area contributed by atoms with Crippen LogP contribution in [0.25, 0.3) is 11.0 Å². The molecule has 0 aliphatic carbocycles. The van der Waals surface area contributed by atoms with Gasteiger partial charge in [0.1, 0.15) is 5.58 Å². The van der Waals surface area contributed by atoms with Crippen LogP contribution >= 0.6 is 11.3 Å². The van der Waals surface area contributed by atoms with E-state index in [1.165, 1.54) is 4.90 Å². The topological polar surface area (TPSA) is 55.0 Å². The normalized spacial score (nSPS) is 16.5. The van der Waals surface area contributed by atoms with E-state index in [0.717, 1.165) is 24.5 Å². The lowest BCUT2D eigenvalue weighted by molar-refractivity contribution is -0.895. The quantitative estimate of drug-likeness (QED) is 0.711. The highest BCUT2D eigenvalue weighted by atomic mass is 32.1. The summed E-state index contributed by atoms with van der Waals surface area (Å²) in [5.74, 6) is 0.0180. The Balaban J connectivity index is 1.83. The van der Waals surface area contributed by atoms with E-state index in [4.69, 9.17) is 4.42 Å². The van der Waals surface area contributed by atoms with Crippen molar-refractivity contribution in [1.29, 1.82) is 0 Å². The molecule has 140 valence electrons. The summed E-state index contributed by atoms with van der Waals surface area (Å²) in [5.41, 5.74) is 0.850. The zero-order valence-electron chi connectivity index (χ0n) is 15.5. The van der Waals surface area contributed by atoms with Crippen molar-refractivity contribution in [3.8, 4) is 0 Å². The maximum atomic E-state index is 13.2. The van der Waals surface area contributed by atoms with Crippen LogP contribution in [0.1, 0.15) is 40.9 Å². The molecule has 1 amide bonds. The fourth-order valence-corrected chi connectivity index (χ4v) is 4.67. The molecule has 0 unspecified atom stereocenters. The van der Waals surface area contributed by atoms with E-state index in [2.05, 4.69) is 13.8 Å². The molecule has 4 rings (SSSR count). The van der Waals surface area contributed by atoms with Crippen molar-refractivity contribution in [2.45, 2.75) is 19.9 Å². The summed E-state index contributed by atoms with van der Waals surface area (Å²) >= 11 is 1.57. The first kappa shape index (κ1) is 17.9. The minimum absolute atomic E-state index is 0.101. The van der Waals surface area contributed by atoms with E-state index in [1.807, 2.05) is 34.5 Å². The fraction of sp³-hybridized carbons (Fsp3) is 0.333. The second kappa shape index (κ2) is 7.29. The molecule has 3 aromatic rings. The summed E-state index contributed by atoms with van der Waals surface area (Å²) in [5, 5.41) is 2.51. The molecule has 5 nitrogen and oxygen atoms in total. The molecule has 1 N–H and O–H groups in total. The number of carbonyl (C=O) groups excluding carboxylic acids is 1. The van der Waals surface area contributed by atoms with Gasteiger partial charge >= 0.3 is 0 Å². The van der Waals surface area contributed by atoms with E-state index in [-0.39, 0.29) is 23.1 Å². The maximum Gasteiger partial charge on any atom is 0.291 e. The van der Waals surface area contributed by atoms with Gasteiger partial charge in [0.15, 0.2) is 5.43 Å². The number of para-hydroxylation sites is 1. The summed E-state index contributed by atoms with van der Waals surface area (Å²) < 4.78 is 5.92. The second-order valence-electron chi connectivity index (χ2n) is 6.79. The third-order valence-electron chi connectivity index (χ3n) is 5.39. The van der Waals surface area contributed by atoms with Gasteiger partial charge in [-0.25, -0.2) is 0 Å². The van der Waals surface area contributed by atoms with Gasteiger partial charge in [-0.1, -0.05) is 18.2 Å². The second-order valence-corrected chi connectivity index (χ2v) is 7.77. The highest BCUT2D eigenvalue weighted by molar-refractivity contribution is 7.10. The molecule has 0 radical (unpaired) electrons. The number of rotatable bonds is 6. The standard InChI is InChI=1S/C21H22N2O3S/c1-3-22(4-2)11-12-23-18(16-10-7-13-27-16)17-19(24)14-8-5-6-9-15(14)26-20(17)21(23)25/h5-10,13,18H,3-4,11-12H2,1-2H3/p+1/t18-/m1/s1. The Bertz CT molecular complexity index is 1020. The highest BCUT2D eigenvalue weighted by Gasteiger charge is 2.43. The Morgan fingerprint density at radius 2 is 1.89 bits per heavy atom. The van der Waals surface area contributed by atoms with E-state index >= 15 is 0 Å². The molecule has 0 spiro atoms. The number of hydrogen-bond donors (Lipinski definition) is 1. The number of fused-ring (bicyclic) bond motifs is 2. The first-order chi connectivity index (χ1) is 13.2. The van der Waals surface area contributed by atoms with Gasteiger partial charge in [0.05, 0.1) is 43.2 Å². The van der Waals surface area contributed by atoms with Crippen LogP contribution in [0.5, 0.6) is 0 Å². The van der Waals surface area contributed by atoms with Gasteiger partial charge < -0.3 is 14.2 Å². The minimum atomic E-state index is -0.358. The van der Waals surface area contributed by atoms with Crippen molar-refractivity contribution < 1.29 is 14.1 Å². The van der Waals surface area contributed by atoms with Crippen LogP contribution in [0.2, 0.25) is 0 Å². The molecular weight excluding hydrogens is 360 g/mol. The van der Waals surface area contributed by atoms with Crippen LogP contribution in [-0.4, -0.2) is 37.0 Å². The Labute approximate surface area is 161 Å². The molecule has 1 aliphatic heterocycles. The van der Waals surface area contributed by atoms with E-state index in [0.29, 0.717) is 23.1 Å². The van der Waals surface area contributed by atoms with Crippen molar-refractivity contribution in [1.82, 2.24) is 4.90 Å². The van der Waals surface area contributed by atoms with E-state index < -0.39 is 0 Å². The van der Waals surface area contributed by atoms with E-state index in [9.17, 15) is 9.59 Å². The molecule has 0 bridgehead atoms. The molecule has 3 heterocycles. The Morgan fingerprint density at radius 3 is 2.59 bits per heavy atom. The molecular formula is C21H23N2O3S+. The zero-order valence-corrected chi connectivity index (χ0v) is 16.3. The molecule has 1 aromatic carbocycles. The molecule has 1 aliphatic rings. The number of benzene rings is 1. The van der Waals surface area contributed by atoms with Crippen molar-refractivity contribution in [3.63, 3.8) is 0 Å². The molecule has 27 heavy (non-hydrogen) atoms. The average Bonchev–Trinajstić information content (AvgIpc) is 3.30.